The average molecular weight is 383 g/mol. The first-order valence-corrected chi connectivity index (χ1v) is 9.49. The van der Waals surface area contributed by atoms with Gasteiger partial charge in [-0.15, -0.1) is 0 Å². The van der Waals surface area contributed by atoms with Gasteiger partial charge >= 0.3 is 0 Å². The second kappa shape index (κ2) is 8.13. The minimum absolute atomic E-state index is 0.0486. The number of nitrogens with zero attached hydrogens (tertiary/aromatic N) is 2. The lowest BCUT2D eigenvalue weighted by atomic mass is 10.2. The van der Waals surface area contributed by atoms with Crippen LogP contribution < -0.4 is 16.4 Å². The number of carbonyl (C=O) groups excluding carboxylic acids is 2. The number of anilines is 1. The summed E-state index contributed by atoms with van der Waals surface area (Å²) >= 11 is 1.41. The average Bonchev–Trinajstić information content (AvgIpc) is 3.05. The molecule has 2 heterocycles. The second-order valence-electron chi connectivity index (χ2n) is 6.23. The molecule has 2 aromatic heterocycles. The number of nitrogens with two attached hydrogens (primary N) is 1. The number of hydrogen-bond donors (Lipinski definition) is 3. The molecule has 7 nitrogen and oxygen atoms in total. The third-order valence-electron chi connectivity index (χ3n) is 4.13. The summed E-state index contributed by atoms with van der Waals surface area (Å²) in [4.78, 5) is 33.0. The van der Waals surface area contributed by atoms with Gasteiger partial charge in [-0.05, 0) is 43.2 Å². The first-order valence-electron chi connectivity index (χ1n) is 8.67. The molecule has 0 saturated carbocycles. The van der Waals surface area contributed by atoms with Crippen LogP contribution in [0.15, 0.2) is 36.4 Å². The number of nitrogen functional groups attached to an aromatic ring is 1. The van der Waals surface area contributed by atoms with Gasteiger partial charge in [0.2, 0.25) is 0 Å². The number of rotatable bonds is 6. The first-order chi connectivity index (χ1) is 13.0. The minimum Gasteiger partial charge on any atom is -0.375 e. The summed E-state index contributed by atoms with van der Waals surface area (Å²) < 4.78 is 0.973. The topological polar surface area (TPSA) is 110 Å². The van der Waals surface area contributed by atoms with Crippen molar-refractivity contribution in [2.24, 2.45) is 0 Å². The summed E-state index contributed by atoms with van der Waals surface area (Å²) in [5.41, 5.74) is 7.92. The molecule has 8 heteroatoms. The van der Waals surface area contributed by atoms with E-state index in [-0.39, 0.29) is 29.2 Å². The maximum Gasteiger partial charge on any atom is 0.270 e. The fourth-order valence-corrected chi connectivity index (χ4v) is 3.25. The number of pyridine rings is 1. The number of amides is 2. The lowest BCUT2D eigenvalue weighted by molar-refractivity contribution is 0.0933. The molecule has 3 rings (SSSR count). The number of aromatic nitrogens is 2. The van der Waals surface area contributed by atoms with Crippen molar-refractivity contribution in [2.45, 2.75) is 32.9 Å². The van der Waals surface area contributed by atoms with Crippen LogP contribution in [0.5, 0.6) is 0 Å². The Kier molecular flexibility index (Phi) is 5.66. The molecule has 4 N–H and O–H groups in total. The molecule has 2 amide bonds. The third-order valence-corrected chi connectivity index (χ3v) is 4.97. The standard InChI is InChI=1S/C19H21N5O2S/c1-3-11(2)22-18(26)15-6-4-5-14(23-15)17(25)21-10-12-7-8-13-16(9-12)27-19(20)24-13/h4-9,11H,3,10H2,1-2H3,(H2,20,24)(H,21,25)(H,22,26). The smallest absolute Gasteiger partial charge is 0.270 e. The highest BCUT2D eigenvalue weighted by Gasteiger charge is 2.13. The largest absolute Gasteiger partial charge is 0.375 e. The molecule has 1 atom stereocenters. The van der Waals surface area contributed by atoms with E-state index in [9.17, 15) is 9.59 Å². The van der Waals surface area contributed by atoms with Gasteiger partial charge in [-0.2, -0.15) is 0 Å². The molecular formula is C19H21N5O2S. The monoisotopic (exact) mass is 383 g/mol. The van der Waals surface area contributed by atoms with Crippen LogP contribution >= 0.6 is 11.3 Å². The Morgan fingerprint density at radius 2 is 1.89 bits per heavy atom. The lowest BCUT2D eigenvalue weighted by Crippen LogP contribution is -2.33. The number of nitrogens with one attached hydrogen (secondary N) is 2. The zero-order valence-corrected chi connectivity index (χ0v) is 16.0. The first kappa shape index (κ1) is 18.8. The van der Waals surface area contributed by atoms with Crippen LogP contribution in [0.3, 0.4) is 0 Å². The Bertz CT molecular complexity index is 985. The van der Waals surface area contributed by atoms with E-state index in [1.54, 1.807) is 18.2 Å². The summed E-state index contributed by atoms with van der Waals surface area (Å²) in [5.74, 6) is -0.621. The quantitative estimate of drug-likeness (QED) is 0.606. The molecule has 27 heavy (non-hydrogen) atoms. The minimum atomic E-state index is -0.336. The van der Waals surface area contributed by atoms with Crippen LogP contribution in [0.1, 0.15) is 46.8 Å². The number of hydrogen-bond acceptors (Lipinski definition) is 6. The van der Waals surface area contributed by atoms with Gasteiger partial charge in [0, 0.05) is 12.6 Å². The highest BCUT2D eigenvalue weighted by Crippen LogP contribution is 2.24. The number of carbonyl (C=O) groups is 2. The zero-order valence-electron chi connectivity index (χ0n) is 15.2. The second-order valence-corrected chi connectivity index (χ2v) is 7.29. The fraction of sp³-hybridized carbons (Fsp3) is 0.263. The molecular weight excluding hydrogens is 362 g/mol. The van der Waals surface area contributed by atoms with Crippen molar-refractivity contribution in [3.8, 4) is 0 Å². The van der Waals surface area contributed by atoms with E-state index in [4.69, 9.17) is 5.73 Å². The summed E-state index contributed by atoms with van der Waals surface area (Å²) in [7, 11) is 0. The van der Waals surface area contributed by atoms with Crippen molar-refractivity contribution in [1.82, 2.24) is 20.6 Å². The molecule has 0 spiro atoms. The molecule has 0 radical (unpaired) electrons. The van der Waals surface area contributed by atoms with Crippen LogP contribution in [0, 0.1) is 0 Å². The van der Waals surface area contributed by atoms with Gasteiger partial charge in [-0.1, -0.05) is 30.4 Å². The summed E-state index contributed by atoms with van der Waals surface area (Å²) in [6.07, 6.45) is 0.821. The van der Waals surface area contributed by atoms with Crippen molar-refractivity contribution < 1.29 is 9.59 Å². The lowest BCUT2D eigenvalue weighted by Gasteiger charge is -2.11. The molecule has 0 saturated heterocycles. The van der Waals surface area contributed by atoms with Crippen LogP contribution in [-0.2, 0) is 6.54 Å². The van der Waals surface area contributed by atoms with E-state index in [1.807, 2.05) is 32.0 Å². The number of benzene rings is 1. The van der Waals surface area contributed by atoms with E-state index in [0.29, 0.717) is 11.7 Å². The summed E-state index contributed by atoms with van der Waals surface area (Å²) in [5, 5.41) is 6.18. The van der Waals surface area contributed by atoms with Gasteiger partial charge in [-0.3, -0.25) is 9.59 Å². The van der Waals surface area contributed by atoms with Crippen molar-refractivity contribution in [3.05, 3.63) is 53.3 Å². The normalized spacial score (nSPS) is 11.9. The molecule has 0 aliphatic rings. The van der Waals surface area contributed by atoms with E-state index in [2.05, 4.69) is 20.6 Å². The molecule has 0 bridgehead atoms. The van der Waals surface area contributed by atoms with Gasteiger partial charge in [0.25, 0.3) is 11.8 Å². The van der Waals surface area contributed by atoms with Crippen molar-refractivity contribution in [2.75, 3.05) is 5.73 Å². The molecule has 140 valence electrons. The fourth-order valence-electron chi connectivity index (χ4n) is 2.46. The predicted octanol–water partition coefficient (Wildman–Crippen LogP) is 2.73. The Morgan fingerprint density at radius 1 is 1.15 bits per heavy atom. The zero-order chi connectivity index (χ0) is 19.4. The van der Waals surface area contributed by atoms with E-state index >= 15 is 0 Å². The molecule has 3 aromatic rings. The Hall–Kier alpha value is -3.00. The maximum absolute atomic E-state index is 12.4. The van der Waals surface area contributed by atoms with Crippen LogP contribution in [0.25, 0.3) is 10.2 Å². The molecule has 0 aliphatic carbocycles. The SMILES string of the molecule is CCC(C)NC(=O)c1cccc(C(=O)NCc2ccc3nc(N)sc3c2)n1. The van der Waals surface area contributed by atoms with E-state index in [1.165, 1.54) is 11.3 Å². The third kappa shape index (κ3) is 4.59. The van der Waals surface area contributed by atoms with Gasteiger partial charge in [-0.25, -0.2) is 9.97 Å². The van der Waals surface area contributed by atoms with Crippen molar-refractivity contribution in [1.29, 1.82) is 0 Å². The van der Waals surface area contributed by atoms with Crippen LogP contribution in [0.2, 0.25) is 0 Å². The Labute approximate surface area is 161 Å². The molecule has 0 aliphatic heterocycles. The molecule has 1 aromatic carbocycles. The van der Waals surface area contributed by atoms with Crippen molar-refractivity contribution >= 4 is 38.5 Å². The summed E-state index contributed by atoms with van der Waals surface area (Å²) in [6.45, 7) is 4.25. The van der Waals surface area contributed by atoms with Crippen molar-refractivity contribution in [3.63, 3.8) is 0 Å². The number of fused-ring (bicyclic) bond motifs is 1. The molecule has 1 unspecified atom stereocenters. The van der Waals surface area contributed by atoms with E-state index in [0.717, 1.165) is 22.2 Å². The number of thiazole rings is 1. The van der Waals surface area contributed by atoms with Gasteiger partial charge in [0.05, 0.1) is 10.2 Å². The van der Waals surface area contributed by atoms with Gasteiger partial charge < -0.3 is 16.4 Å². The highest BCUT2D eigenvalue weighted by molar-refractivity contribution is 7.22. The van der Waals surface area contributed by atoms with Gasteiger partial charge in [0.15, 0.2) is 5.13 Å². The summed E-state index contributed by atoms with van der Waals surface area (Å²) in [6, 6.07) is 10.6. The van der Waals surface area contributed by atoms with Gasteiger partial charge in [0.1, 0.15) is 11.4 Å². The predicted molar refractivity (Wildman–Crippen MR) is 107 cm³/mol. The Balaban J connectivity index is 1.66. The van der Waals surface area contributed by atoms with Crippen LogP contribution in [-0.4, -0.2) is 27.8 Å². The maximum atomic E-state index is 12.4. The molecule has 0 fully saturated rings. The van der Waals surface area contributed by atoms with E-state index < -0.39 is 0 Å². The van der Waals surface area contributed by atoms with Crippen LogP contribution in [0.4, 0.5) is 5.13 Å². The highest BCUT2D eigenvalue weighted by atomic mass is 32.1. The Morgan fingerprint density at radius 3 is 2.63 bits per heavy atom.